The molecule has 0 amide bonds. The minimum absolute atomic E-state index is 0.165. The first-order valence-corrected chi connectivity index (χ1v) is 7.46. The molecule has 0 radical (unpaired) electrons. The predicted octanol–water partition coefficient (Wildman–Crippen LogP) is 3.08. The van der Waals surface area contributed by atoms with Crippen molar-refractivity contribution in [3.63, 3.8) is 0 Å². The summed E-state index contributed by atoms with van der Waals surface area (Å²) in [4.78, 5) is 7.77. The van der Waals surface area contributed by atoms with Gasteiger partial charge in [0.25, 0.3) is 0 Å². The molecule has 2 rings (SSSR count). The van der Waals surface area contributed by atoms with Gasteiger partial charge in [-0.2, -0.15) is 0 Å². The average Bonchev–Trinajstić information content (AvgIpc) is 2.42. The van der Waals surface area contributed by atoms with Crippen LogP contribution in [-0.4, -0.2) is 29.7 Å². The Morgan fingerprint density at radius 1 is 1.42 bits per heavy atom. The third kappa shape index (κ3) is 5.22. The van der Waals surface area contributed by atoms with E-state index in [0.29, 0.717) is 11.8 Å². The SMILES string of the molecule is Clc1ncc(COCCCC2CCCNC2)c(Cl)n1. The van der Waals surface area contributed by atoms with Gasteiger partial charge in [-0.25, -0.2) is 9.97 Å². The average molecular weight is 304 g/mol. The molecule has 6 heteroatoms. The number of ether oxygens (including phenoxy) is 1. The summed E-state index contributed by atoms with van der Waals surface area (Å²) in [6.45, 7) is 3.51. The topological polar surface area (TPSA) is 47.0 Å². The van der Waals surface area contributed by atoms with Gasteiger partial charge in [0.15, 0.2) is 0 Å². The lowest BCUT2D eigenvalue weighted by molar-refractivity contribution is 0.112. The molecule has 1 aromatic heterocycles. The van der Waals surface area contributed by atoms with Crippen LogP contribution in [0.3, 0.4) is 0 Å². The van der Waals surface area contributed by atoms with Crippen molar-refractivity contribution >= 4 is 23.2 Å². The number of nitrogens with one attached hydrogen (secondary N) is 1. The highest BCUT2D eigenvalue weighted by molar-refractivity contribution is 6.32. The summed E-state index contributed by atoms with van der Waals surface area (Å²) in [6.07, 6.45) is 6.55. The lowest BCUT2D eigenvalue weighted by Crippen LogP contribution is -2.29. The van der Waals surface area contributed by atoms with Crippen LogP contribution in [0.1, 0.15) is 31.2 Å². The van der Waals surface area contributed by atoms with Gasteiger partial charge in [-0.1, -0.05) is 11.6 Å². The molecule has 1 aromatic rings. The third-order valence-electron chi connectivity index (χ3n) is 3.34. The molecule has 0 aliphatic carbocycles. The van der Waals surface area contributed by atoms with Crippen LogP contribution in [0.4, 0.5) is 0 Å². The fraction of sp³-hybridized carbons (Fsp3) is 0.692. The van der Waals surface area contributed by atoms with Crippen LogP contribution in [0, 0.1) is 5.92 Å². The van der Waals surface area contributed by atoms with Crippen molar-refractivity contribution in [2.75, 3.05) is 19.7 Å². The Morgan fingerprint density at radius 2 is 2.32 bits per heavy atom. The van der Waals surface area contributed by atoms with E-state index in [4.69, 9.17) is 27.9 Å². The number of halogens is 2. The molecule has 1 aliphatic rings. The summed E-state index contributed by atoms with van der Waals surface area (Å²) < 4.78 is 5.60. The zero-order valence-electron chi connectivity index (χ0n) is 10.9. The Kier molecular flexibility index (Phi) is 6.31. The second-order valence-corrected chi connectivity index (χ2v) is 5.56. The van der Waals surface area contributed by atoms with Crippen molar-refractivity contribution in [3.8, 4) is 0 Å². The van der Waals surface area contributed by atoms with Crippen LogP contribution < -0.4 is 5.32 Å². The molecular weight excluding hydrogens is 285 g/mol. The van der Waals surface area contributed by atoms with E-state index in [9.17, 15) is 0 Å². The van der Waals surface area contributed by atoms with Gasteiger partial charge >= 0.3 is 0 Å². The second kappa shape index (κ2) is 8.00. The first kappa shape index (κ1) is 15.0. The molecule has 1 fully saturated rings. The smallest absolute Gasteiger partial charge is 0.223 e. The monoisotopic (exact) mass is 303 g/mol. The van der Waals surface area contributed by atoms with Crippen molar-refractivity contribution in [1.82, 2.24) is 15.3 Å². The van der Waals surface area contributed by atoms with Gasteiger partial charge in [-0.3, -0.25) is 0 Å². The van der Waals surface area contributed by atoms with E-state index in [0.717, 1.165) is 31.1 Å². The van der Waals surface area contributed by atoms with E-state index in [1.165, 1.54) is 25.8 Å². The van der Waals surface area contributed by atoms with E-state index >= 15 is 0 Å². The van der Waals surface area contributed by atoms with Crippen molar-refractivity contribution in [1.29, 1.82) is 0 Å². The molecule has 2 heterocycles. The van der Waals surface area contributed by atoms with E-state index in [1.807, 2.05) is 0 Å². The number of piperidine rings is 1. The number of hydrogen-bond donors (Lipinski definition) is 1. The molecule has 1 N–H and O–H groups in total. The zero-order chi connectivity index (χ0) is 13.5. The van der Waals surface area contributed by atoms with E-state index in [-0.39, 0.29) is 5.28 Å². The molecule has 1 unspecified atom stereocenters. The summed E-state index contributed by atoms with van der Waals surface area (Å²) in [6, 6.07) is 0. The van der Waals surface area contributed by atoms with Crippen molar-refractivity contribution < 1.29 is 4.74 Å². The minimum Gasteiger partial charge on any atom is -0.377 e. The molecule has 0 aromatic carbocycles. The molecule has 0 saturated carbocycles. The van der Waals surface area contributed by atoms with Crippen LogP contribution in [0.5, 0.6) is 0 Å². The van der Waals surface area contributed by atoms with Crippen LogP contribution in [0.15, 0.2) is 6.20 Å². The summed E-state index contributed by atoms with van der Waals surface area (Å²) in [5.74, 6) is 0.805. The first-order valence-electron chi connectivity index (χ1n) is 6.71. The molecule has 1 aliphatic heterocycles. The van der Waals surface area contributed by atoms with Gasteiger partial charge in [-0.15, -0.1) is 0 Å². The number of aromatic nitrogens is 2. The van der Waals surface area contributed by atoms with Crippen LogP contribution >= 0.6 is 23.2 Å². The van der Waals surface area contributed by atoms with Gasteiger partial charge in [0, 0.05) is 18.4 Å². The fourth-order valence-corrected chi connectivity index (χ4v) is 2.65. The van der Waals surface area contributed by atoms with Crippen molar-refractivity contribution in [2.45, 2.75) is 32.3 Å². The maximum Gasteiger partial charge on any atom is 0.223 e. The molecule has 1 saturated heterocycles. The summed E-state index contributed by atoms with van der Waals surface area (Å²) >= 11 is 11.6. The van der Waals surface area contributed by atoms with Crippen LogP contribution in [-0.2, 0) is 11.3 Å². The Bertz CT molecular complexity index is 397. The zero-order valence-corrected chi connectivity index (χ0v) is 12.4. The highest BCUT2D eigenvalue weighted by atomic mass is 35.5. The Hall–Kier alpha value is -0.420. The standard InChI is InChI=1S/C13H19Cl2N3O/c14-12-11(8-17-13(15)18-12)9-19-6-2-4-10-3-1-5-16-7-10/h8,10,16H,1-7,9H2. The third-order valence-corrected chi connectivity index (χ3v) is 3.85. The van der Waals surface area contributed by atoms with Gasteiger partial charge < -0.3 is 10.1 Å². The van der Waals surface area contributed by atoms with Gasteiger partial charge in [0.1, 0.15) is 5.15 Å². The second-order valence-electron chi connectivity index (χ2n) is 4.86. The van der Waals surface area contributed by atoms with Crippen LogP contribution in [0.25, 0.3) is 0 Å². The highest BCUT2D eigenvalue weighted by Gasteiger charge is 2.12. The number of rotatable bonds is 6. The number of hydrogen-bond acceptors (Lipinski definition) is 4. The summed E-state index contributed by atoms with van der Waals surface area (Å²) in [5.41, 5.74) is 0.783. The molecule has 1 atom stereocenters. The van der Waals surface area contributed by atoms with Crippen LogP contribution in [0.2, 0.25) is 10.4 Å². The van der Waals surface area contributed by atoms with Crippen molar-refractivity contribution in [2.24, 2.45) is 5.92 Å². The van der Waals surface area contributed by atoms with Gasteiger partial charge in [0.2, 0.25) is 5.28 Å². The minimum atomic E-state index is 0.165. The maximum absolute atomic E-state index is 5.94. The lowest BCUT2D eigenvalue weighted by atomic mass is 9.95. The normalized spacial score (nSPS) is 19.6. The molecule has 106 valence electrons. The Balaban J connectivity index is 1.61. The van der Waals surface area contributed by atoms with Crippen molar-refractivity contribution in [3.05, 3.63) is 22.2 Å². The molecule has 0 spiro atoms. The molecule has 19 heavy (non-hydrogen) atoms. The Morgan fingerprint density at radius 3 is 3.05 bits per heavy atom. The lowest BCUT2D eigenvalue weighted by Gasteiger charge is -2.22. The summed E-state index contributed by atoms with van der Waals surface area (Å²) in [5, 5.41) is 3.96. The van der Waals surface area contributed by atoms with E-state index in [2.05, 4.69) is 15.3 Å². The summed E-state index contributed by atoms with van der Waals surface area (Å²) in [7, 11) is 0. The van der Waals surface area contributed by atoms with E-state index < -0.39 is 0 Å². The predicted molar refractivity (Wildman–Crippen MR) is 76.5 cm³/mol. The maximum atomic E-state index is 5.94. The largest absolute Gasteiger partial charge is 0.377 e. The quantitative estimate of drug-likeness (QED) is 0.498. The Labute approximate surface area is 123 Å². The molecule has 0 bridgehead atoms. The fourth-order valence-electron chi connectivity index (χ4n) is 2.29. The van der Waals surface area contributed by atoms with E-state index in [1.54, 1.807) is 6.20 Å². The number of nitrogens with zero attached hydrogens (tertiary/aromatic N) is 2. The van der Waals surface area contributed by atoms with Gasteiger partial charge in [0.05, 0.1) is 6.61 Å². The first-order chi connectivity index (χ1) is 9.25. The highest BCUT2D eigenvalue weighted by Crippen LogP contribution is 2.17. The van der Waals surface area contributed by atoms with Gasteiger partial charge in [-0.05, 0) is 56.3 Å². The molecule has 4 nitrogen and oxygen atoms in total. The molecular formula is C13H19Cl2N3O.